The van der Waals surface area contributed by atoms with Gasteiger partial charge in [0.25, 0.3) is 5.91 Å². The molecule has 0 bridgehead atoms. The second-order valence-electron chi connectivity index (χ2n) is 5.92. The Labute approximate surface area is 130 Å². The van der Waals surface area contributed by atoms with Crippen molar-refractivity contribution in [3.63, 3.8) is 0 Å². The highest BCUT2D eigenvalue weighted by molar-refractivity contribution is 6.07. The van der Waals surface area contributed by atoms with Gasteiger partial charge in [0.05, 0.1) is 0 Å². The number of nitrogens with one attached hydrogen (secondary N) is 3. The molecule has 2 aliphatic heterocycles. The van der Waals surface area contributed by atoms with E-state index in [2.05, 4.69) is 16.0 Å². The Morgan fingerprint density at radius 2 is 2.14 bits per heavy atom. The van der Waals surface area contributed by atoms with Crippen LogP contribution in [0.1, 0.15) is 26.7 Å². The number of hydrogen-bond acceptors (Lipinski definition) is 4. The summed E-state index contributed by atoms with van der Waals surface area (Å²) in [6, 6.07) is -0.505. The van der Waals surface area contributed by atoms with Gasteiger partial charge in [-0.1, -0.05) is 0 Å². The molecule has 1 atom stereocenters. The summed E-state index contributed by atoms with van der Waals surface area (Å²) in [6.07, 6.45) is 2.22. The number of imide groups is 1. The molecule has 0 aromatic carbocycles. The van der Waals surface area contributed by atoms with Gasteiger partial charge in [-0.25, -0.2) is 4.79 Å². The predicted octanol–water partition coefficient (Wildman–Crippen LogP) is -0.146. The Kier molecular flexibility index (Phi) is 5.98. The summed E-state index contributed by atoms with van der Waals surface area (Å²) in [5.41, 5.74) is -0.971. The Morgan fingerprint density at radius 1 is 1.43 bits per heavy atom. The first-order valence-corrected chi connectivity index (χ1v) is 7.01. The molecule has 0 aliphatic carbocycles. The van der Waals surface area contributed by atoms with Crippen molar-refractivity contribution in [1.29, 1.82) is 0 Å². The van der Waals surface area contributed by atoms with Gasteiger partial charge in [-0.15, -0.1) is 12.4 Å². The molecule has 0 saturated carbocycles. The van der Waals surface area contributed by atoms with E-state index in [-0.39, 0.29) is 30.8 Å². The van der Waals surface area contributed by atoms with E-state index in [0.29, 0.717) is 12.5 Å². The Hall–Kier alpha value is -1.34. The van der Waals surface area contributed by atoms with Gasteiger partial charge in [-0.05, 0) is 45.7 Å². The third-order valence-electron chi connectivity index (χ3n) is 3.98. The molecule has 0 aromatic heterocycles. The lowest BCUT2D eigenvalue weighted by Gasteiger charge is -2.28. The third-order valence-corrected chi connectivity index (χ3v) is 3.98. The fraction of sp³-hybridized carbons (Fsp3) is 0.769. The van der Waals surface area contributed by atoms with Crippen molar-refractivity contribution in [1.82, 2.24) is 20.9 Å². The molecule has 1 unspecified atom stereocenters. The molecule has 2 heterocycles. The lowest BCUT2D eigenvalue weighted by Crippen LogP contribution is -2.49. The summed E-state index contributed by atoms with van der Waals surface area (Å²) in [7, 11) is 0. The second-order valence-corrected chi connectivity index (χ2v) is 5.92. The number of amides is 4. The largest absolute Gasteiger partial charge is 0.354 e. The quantitative estimate of drug-likeness (QED) is 0.629. The summed E-state index contributed by atoms with van der Waals surface area (Å²) in [5, 5.41) is 8.35. The van der Waals surface area contributed by atoms with Crippen molar-refractivity contribution in [2.24, 2.45) is 5.92 Å². The molecule has 0 radical (unpaired) electrons. The molecular weight excluding hydrogens is 296 g/mol. The summed E-state index contributed by atoms with van der Waals surface area (Å²) in [5.74, 6) is -0.157. The summed E-state index contributed by atoms with van der Waals surface area (Å²) >= 11 is 0. The highest BCUT2D eigenvalue weighted by atomic mass is 35.5. The predicted molar refractivity (Wildman–Crippen MR) is 80.2 cm³/mol. The fourth-order valence-electron chi connectivity index (χ4n) is 2.52. The topological polar surface area (TPSA) is 90.5 Å². The van der Waals surface area contributed by atoms with E-state index in [4.69, 9.17) is 0 Å². The molecule has 120 valence electrons. The minimum atomic E-state index is -0.971. The Morgan fingerprint density at radius 3 is 2.67 bits per heavy atom. The molecule has 7 nitrogen and oxygen atoms in total. The van der Waals surface area contributed by atoms with Crippen LogP contribution in [0.25, 0.3) is 0 Å². The lowest BCUT2D eigenvalue weighted by atomic mass is 10.00. The summed E-state index contributed by atoms with van der Waals surface area (Å²) < 4.78 is 0. The first kappa shape index (κ1) is 17.7. The highest BCUT2D eigenvalue weighted by Gasteiger charge is 2.46. The van der Waals surface area contributed by atoms with Crippen LogP contribution < -0.4 is 16.0 Å². The van der Waals surface area contributed by atoms with Gasteiger partial charge in [-0.2, -0.15) is 0 Å². The minimum Gasteiger partial charge on any atom is -0.354 e. The van der Waals surface area contributed by atoms with Crippen LogP contribution in [0.3, 0.4) is 0 Å². The molecule has 2 saturated heterocycles. The number of rotatable bonds is 4. The van der Waals surface area contributed by atoms with Gasteiger partial charge in [-0.3, -0.25) is 14.9 Å². The molecule has 21 heavy (non-hydrogen) atoms. The maximum Gasteiger partial charge on any atom is 0.325 e. The van der Waals surface area contributed by atoms with E-state index in [1.807, 2.05) is 0 Å². The van der Waals surface area contributed by atoms with Crippen LogP contribution in [0.2, 0.25) is 0 Å². The molecule has 2 aliphatic rings. The Bertz CT molecular complexity index is 422. The minimum absolute atomic E-state index is 0. The number of piperidine rings is 1. The monoisotopic (exact) mass is 318 g/mol. The zero-order valence-electron chi connectivity index (χ0n) is 12.4. The molecule has 0 aromatic rings. The number of halogens is 1. The van der Waals surface area contributed by atoms with Crippen molar-refractivity contribution in [2.45, 2.75) is 32.2 Å². The van der Waals surface area contributed by atoms with Crippen LogP contribution in [0.15, 0.2) is 0 Å². The summed E-state index contributed by atoms with van der Waals surface area (Å²) in [4.78, 5) is 36.4. The molecule has 2 fully saturated rings. The first-order valence-electron chi connectivity index (χ1n) is 7.01. The van der Waals surface area contributed by atoms with E-state index in [0.717, 1.165) is 25.9 Å². The van der Waals surface area contributed by atoms with E-state index < -0.39 is 11.6 Å². The fourth-order valence-corrected chi connectivity index (χ4v) is 2.52. The van der Waals surface area contributed by atoms with Crippen LogP contribution >= 0.6 is 12.4 Å². The average molecular weight is 319 g/mol. The van der Waals surface area contributed by atoms with E-state index in [9.17, 15) is 14.4 Å². The van der Waals surface area contributed by atoms with Crippen molar-refractivity contribution in [3.8, 4) is 0 Å². The Balaban J connectivity index is 0.00000220. The normalized spacial score (nSPS) is 24.3. The maximum absolute atomic E-state index is 11.9. The van der Waals surface area contributed by atoms with Gasteiger partial charge >= 0.3 is 6.03 Å². The summed E-state index contributed by atoms with van der Waals surface area (Å²) in [6.45, 7) is 5.72. The van der Waals surface area contributed by atoms with Gasteiger partial charge < -0.3 is 15.5 Å². The number of nitrogens with zero attached hydrogens (tertiary/aromatic N) is 1. The van der Waals surface area contributed by atoms with Gasteiger partial charge in [0, 0.05) is 6.54 Å². The van der Waals surface area contributed by atoms with Crippen molar-refractivity contribution in [3.05, 3.63) is 0 Å². The van der Waals surface area contributed by atoms with Gasteiger partial charge in [0.15, 0.2) is 0 Å². The van der Waals surface area contributed by atoms with Crippen molar-refractivity contribution in [2.75, 3.05) is 26.2 Å². The first-order chi connectivity index (χ1) is 9.41. The third kappa shape index (κ3) is 4.07. The van der Waals surface area contributed by atoms with Crippen LogP contribution in [-0.4, -0.2) is 54.5 Å². The van der Waals surface area contributed by atoms with Gasteiger partial charge in [0.1, 0.15) is 12.1 Å². The number of urea groups is 1. The smallest absolute Gasteiger partial charge is 0.325 e. The van der Waals surface area contributed by atoms with E-state index >= 15 is 0 Å². The van der Waals surface area contributed by atoms with Crippen LogP contribution in [0.5, 0.6) is 0 Å². The van der Waals surface area contributed by atoms with Crippen LogP contribution in [0.4, 0.5) is 4.79 Å². The molecule has 2 rings (SSSR count). The standard InChI is InChI=1S/C13H22N4O3.ClH/c1-13(2)11(19)16-12(20)17(13)8-10(18)15-7-9-4-3-5-14-6-9;/h9,14H,3-8H2,1-2H3,(H,15,18)(H,16,19,20);1H. The van der Waals surface area contributed by atoms with Crippen molar-refractivity contribution >= 4 is 30.3 Å². The van der Waals surface area contributed by atoms with Crippen LogP contribution in [-0.2, 0) is 9.59 Å². The lowest BCUT2D eigenvalue weighted by molar-refractivity contribution is -0.127. The maximum atomic E-state index is 11.9. The molecule has 0 spiro atoms. The number of hydrogen-bond donors (Lipinski definition) is 3. The van der Waals surface area contributed by atoms with Crippen molar-refractivity contribution < 1.29 is 14.4 Å². The molecular formula is C13H23ClN4O3. The zero-order valence-corrected chi connectivity index (χ0v) is 13.2. The average Bonchev–Trinajstić information content (AvgIpc) is 2.60. The van der Waals surface area contributed by atoms with Gasteiger partial charge in [0.2, 0.25) is 5.91 Å². The highest BCUT2D eigenvalue weighted by Crippen LogP contribution is 2.20. The zero-order chi connectivity index (χ0) is 14.8. The second kappa shape index (κ2) is 7.09. The van der Waals surface area contributed by atoms with Crippen LogP contribution in [0, 0.1) is 5.92 Å². The molecule has 3 N–H and O–H groups in total. The van der Waals surface area contributed by atoms with E-state index in [1.54, 1.807) is 13.8 Å². The number of carbonyl (C=O) groups is 3. The number of carbonyl (C=O) groups excluding carboxylic acids is 3. The molecule has 8 heteroatoms. The van der Waals surface area contributed by atoms with E-state index in [1.165, 1.54) is 4.90 Å². The molecule has 4 amide bonds. The SMILES string of the molecule is CC1(C)C(=O)NC(=O)N1CC(=O)NCC1CCCNC1.Cl.